The summed E-state index contributed by atoms with van der Waals surface area (Å²) in [5.41, 5.74) is 4.38. The first kappa shape index (κ1) is 9.97. The zero-order valence-corrected chi connectivity index (χ0v) is 9.04. The van der Waals surface area contributed by atoms with Gasteiger partial charge in [-0.2, -0.15) is 0 Å². The third-order valence-electron chi connectivity index (χ3n) is 2.95. The standard InChI is InChI=1S/C13H14O2/c1-9-11-6-4-3-5-10(11)7-8-12(9)13(14)15-2/h3-6H,7-8H2,1-2H3. The van der Waals surface area contributed by atoms with Crippen molar-refractivity contribution in [3.05, 3.63) is 41.0 Å². The molecule has 1 aliphatic rings. The number of ether oxygens (including phenoxy) is 1. The Bertz CT molecular complexity index is 430. The monoisotopic (exact) mass is 202 g/mol. The fourth-order valence-corrected chi connectivity index (χ4v) is 2.09. The van der Waals surface area contributed by atoms with Crippen LogP contribution >= 0.6 is 0 Å². The molecule has 2 nitrogen and oxygen atoms in total. The van der Waals surface area contributed by atoms with Gasteiger partial charge in [0.15, 0.2) is 0 Å². The predicted octanol–water partition coefficient (Wildman–Crippen LogP) is 2.58. The molecule has 0 radical (unpaired) electrons. The van der Waals surface area contributed by atoms with Crippen molar-refractivity contribution in [2.24, 2.45) is 0 Å². The van der Waals surface area contributed by atoms with Crippen molar-refractivity contribution in [1.82, 2.24) is 0 Å². The summed E-state index contributed by atoms with van der Waals surface area (Å²) in [6, 6.07) is 8.22. The molecule has 0 atom stereocenters. The Kier molecular flexibility index (Phi) is 2.58. The molecule has 2 heteroatoms. The fourth-order valence-electron chi connectivity index (χ4n) is 2.09. The van der Waals surface area contributed by atoms with Gasteiger partial charge in [-0.1, -0.05) is 24.3 Å². The summed E-state index contributed by atoms with van der Waals surface area (Å²) in [7, 11) is 1.43. The van der Waals surface area contributed by atoms with Gasteiger partial charge in [-0.3, -0.25) is 0 Å². The molecule has 1 aromatic rings. The summed E-state index contributed by atoms with van der Waals surface area (Å²) in [4.78, 5) is 11.5. The predicted molar refractivity (Wildman–Crippen MR) is 59.4 cm³/mol. The van der Waals surface area contributed by atoms with E-state index >= 15 is 0 Å². The Morgan fingerprint density at radius 3 is 2.73 bits per heavy atom. The molecule has 1 aliphatic carbocycles. The van der Waals surface area contributed by atoms with E-state index in [0.29, 0.717) is 0 Å². The quantitative estimate of drug-likeness (QED) is 0.654. The van der Waals surface area contributed by atoms with Crippen LogP contribution in [0.1, 0.15) is 24.5 Å². The highest BCUT2D eigenvalue weighted by molar-refractivity contribution is 5.98. The number of allylic oxidation sites excluding steroid dienone is 1. The Labute approximate surface area is 89.6 Å². The molecule has 0 bridgehead atoms. The number of fused-ring (bicyclic) bond motifs is 1. The summed E-state index contributed by atoms with van der Waals surface area (Å²) in [5.74, 6) is -0.193. The molecule has 0 amide bonds. The van der Waals surface area contributed by atoms with E-state index in [0.717, 1.165) is 24.0 Å². The number of hydrogen-bond acceptors (Lipinski definition) is 2. The lowest BCUT2D eigenvalue weighted by Crippen LogP contribution is -2.12. The van der Waals surface area contributed by atoms with Crippen molar-refractivity contribution in [1.29, 1.82) is 0 Å². The SMILES string of the molecule is COC(=O)C1=C(C)c2ccccc2CC1. The van der Waals surface area contributed by atoms with Gasteiger partial charge in [0.05, 0.1) is 7.11 Å². The van der Waals surface area contributed by atoms with Gasteiger partial charge >= 0.3 is 5.97 Å². The smallest absolute Gasteiger partial charge is 0.334 e. The minimum absolute atomic E-state index is 0.193. The van der Waals surface area contributed by atoms with E-state index in [9.17, 15) is 4.79 Å². The minimum Gasteiger partial charge on any atom is -0.466 e. The van der Waals surface area contributed by atoms with Crippen LogP contribution in [-0.4, -0.2) is 13.1 Å². The van der Waals surface area contributed by atoms with Crippen LogP contribution < -0.4 is 0 Å². The van der Waals surface area contributed by atoms with Gasteiger partial charge in [-0.15, -0.1) is 0 Å². The van der Waals surface area contributed by atoms with Crippen LogP contribution in [0.15, 0.2) is 29.8 Å². The van der Waals surface area contributed by atoms with Crippen molar-refractivity contribution in [3.8, 4) is 0 Å². The maximum absolute atomic E-state index is 11.5. The van der Waals surface area contributed by atoms with E-state index in [1.807, 2.05) is 19.1 Å². The molecule has 0 aromatic heterocycles. The highest BCUT2D eigenvalue weighted by Crippen LogP contribution is 2.31. The van der Waals surface area contributed by atoms with Crippen LogP contribution in [0.5, 0.6) is 0 Å². The minimum atomic E-state index is -0.193. The largest absolute Gasteiger partial charge is 0.466 e. The van der Waals surface area contributed by atoms with Gasteiger partial charge in [-0.05, 0) is 36.5 Å². The molecule has 0 N–H and O–H groups in total. The second-order valence-electron chi connectivity index (χ2n) is 3.75. The zero-order valence-electron chi connectivity index (χ0n) is 9.04. The molecule has 15 heavy (non-hydrogen) atoms. The fraction of sp³-hybridized carbons (Fsp3) is 0.308. The maximum atomic E-state index is 11.5. The topological polar surface area (TPSA) is 26.3 Å². The van der Waals surface area contributed by atoms with Crippen LogP contribution in [0.2, 0.25) is 0 Å². The average Bonchev–Trinajstić information content (AvgIpc) is 2.29. The van der Waals surface area contributed by atoms with E-state index in [4.69, 9.17) is 4.74 Å². The molecule has 0 saturated carbocycles. The third kappa shape index (κ3) is 1.67. The van der Waals surface area contributed by atoms with E-state index in [1.54, 1.807) is 0 Å². The molecule has 0 spiro atoms. The highest BCUT2D eigenvalue weighted by atomic mass is 16.5. The number of hydrogen-bond donors (Lipinski definition) is 0. The second kappa shape index (κ2) is 3.89. The normalized spacial score (nSPS) is 14.8. The van der Waals surface area contributed by atoms with Crippen molar-refractivity contribution >= 4 is 11.5 Å². The number of rotatable bonds is 1. The molecule has 0 heterocycles. The van der Waals surface area contributed by atoms with E-state index < -0.39 is 0 Å². The molecule has 1 aromatic carbocycles. The highest BCUT2D eigenvalue weighted by Gasteiger charge is 2.20. The lowest BCUT2D eigenvalue weighted by molar-refractivity contribution is -0.136. The number of benzene rings is 1. The van der Waals surface area contributed by atoms with Gasteiger partial charge < -0.3 is 4.74 Å². The lowest BCUT2D eigenvalue weighted by Gasteiger charge is -2.19. The van der Waals surface area contributed by atoms with Crippen LogP contribution in [0.3, 0.4) is 0 Å². The Morgan fingerprint density at radius 2 is 2.00 bits per heavy atom. The molecule has 0 unspecified atom stereocenters. The maximum Gasteiger partial charge on any atom is 0.334 e. The molecular weight excluding hydrogens is 188 g/mol. The Morgan fingerprint density at radius 1 is 1.27 bits per heavy atom. The Balaban J connectivity index is 2.49. The summed E-state index contributed by atoms with van der Waals surface area (Å²) in [5, 5.41) is 0. The van der Waals surface area contributed by atoms with E-state index in [1.165, 1.54) is 18.2 Å². The zero-order chi connectivity index (χ0) is 10.8. The summed E-state index contributed by atoms with van der Waals surface area (Å²) in [6.45, 7) is 1.99. The first-order valence-electron chi connectivity index (χ1n) is 5.10. The van der Waals surface area contributed by atoms with Gasteiger partial charge in [0.25, 0.3) is 0 Å². The van der Waals surface area contributed by atoms with E-state index in [-0.39, 0.29) is 5.97 Å². The summed E-state index contributed by atoms with van der Waals surface area (Å²) < 4.78 is 4.78. The molecular formula is C13H14O2. The van der Waals surface area contributed by atoms with Crippen molar-refractivity contribution in [3.63, 3.8) is 0 Å². The Hall–Kier alpha value is -1.57. The number of aryl methyl sites for hydroxylation is 1. The van der Waals surface area contributed by atoms with Crippen LogP contribution in [-0.2, 0) is 16.0 Å². The van der Waals surface area contributed by atoms with Crippen LogP contribution in [0.4, 0.5) is 0 Å². The number of methoxy groups -OCH3 is 1. The van der Waals surface area contributed by atoms with Gasteiger partial charge in [0.2, 0.25) is 0 Å². The van der Waals surface area contributed by atoms with Gasteiger partial charge in [-0.25, -0.2) is 4.79 Å². The molecule has 0 saturated heterocycles. The average molecular weight is 202 g/mol. The molecule has 2 rings (SSSR count). The molecule has 0 aliphatic heterocycles. The van der Waals surface area contributed by atoms with Gasteiger partial charge in [0, 0.05) is 5.57 Å². The van der Waals surface area contributed by atoms with Crippen LogP contribution in [0, 0.1) is 0 Å². The first-order valence-corrected chi connectivity index (χ1v) is 5.10. The summed E-state index contributed by atoms with van der Waals surface area (Å²) >= 11 is 0. The van der Waals surface area contributed by atoms with Crippen molar-refractivity contribution < 1.29 is 9.53 Å². The number of esters is 1. The van der Waals surface area contributed by atoms with Crippen molar-refractivity contribution in [2.45, 2.75) is 19.8 Å². The third-order valence-corrected chi connectivity index (χ3v) is 2.95. The molecule has 78 valence electrons. The van der Waals surface area contributed by atoms with Gasteiger partial charge in [0.1, 0.15) is 0 Å². The molecule has 0 fully saturated rings. The lowest BCUT2D eigenvalue weighted by atomic mass is 9.86. The number of carbonyl (C=O) groups excluding carboxylic acids is 1. The van der Waals surface area contributed by atoms with Crippen LogP contribution in [0.25, 0.3) is 5.57 Å². The second-order valence-corrected chi connectivity index (χ2v) is 3.75. The number of carbonyl (C=O) groups is 1. The first-order chi connectivity index (χ1) is 7.24. The van der Waals surface area contributed by atoms with Crippen molar-refractivity contribution in [2.75, 3.05) is 7.11 Å². The van der Waals surface area contributed by atoms with E-state index in [2.05, 4.69) is 12.1 Å². The summed E-state index contributed by atoms with van der Waals surface area (Å²) in [6.07, 6.45) is 1.72.